The molecule has 5 rings (SSSR count). The van der Waals surface area contributed by atoms with Crippen LogP contribution in [0.4, 0.5) is 4.39 Å². The number of hydrogen-bond donors (Lipinski definition) is 5. The van der Waals surface area contributed by atoms with Gasteiger partial charge in [0.15, 0.2) is 6.61 Å². The molecule has 4 aliphatic rings. The van der Waals surface area contributed by atoms with Gasteiger partial charge in [-0.2, -0.15) is 0 Å². The van der Waals surface area contributed by atoms with Gasteiger partial charge in [0.2, 0.25) is 5.91 Å². The van der Waals surface area contributed by atoms with Gasteiger partial charge in [0.25, 0.3) is 5.91 Å². The van der Waals surface area contributed by atoms with Crippen molar-refractivity contribution in [1.29, 1.82) is 0 Å². The molecule has 2 bridgehead atoms. The maximum absolute atomic E-state index is 13.5. The minimum Gasteiger partial charge on any atom is -0.484 e. The number of halogens is 2. The highest BCUT2D eigenvalue weighted by Gasteiger charge is 2.55. The number of carbonyl (C=O) groups is 2. The lowest BCUT2D eigenvalue weighted by atomic mass is 9.59. The summed E-state index contributed by atoms with van der Waals surface area (Å²) in [6.07, 6.45) is 2.08. The van der Waals surface area contributed by atoms with Gasteiger partial charge in [0.05, 0.1) is 22.7 Å². The Kier molecular flexibility index (Phi) is 6.63. The maximum atomic E-state index is 13.5. The van der Waals surface area contributed by atoms with E-state index >= 15 is 0 Å². The standard InChI is InChI=1S/C22H30ClFN4O4/c1-13-10-26-17(11-25-13)20(31)28-21-4-6-22(7-5-21,18(29)9-21)27-19(30)12-32-14-2-3-15(23)16(24)8-14/h2-3,8,13,17-18,25-26,29H,4-7,9-12H2,1H3,(H,27,30)(H,28,31)/t13?,17?,18-,21?,22?/m0/s1. The Morgan fingerprint density at radius 1 is 1.22 bits per heavy atom. The largest absolute Gasteiger partial charge is 0.484 e. The summed E-state index contributed by atoms with van der Waals surface area (Å²) in [6.45, 7) is 3.07. The Morgan fingerprint density at radius 3 is 2.59 bits per heavy atom. The van der Waals surface area contributed by atoms with Crippen molar-refractivity contribution in [1.82, 2.24) is 21.3 Å². The molecule has 8 nitrogen and oxygen atoms in total. The summed E-state index contributed by atoms with van der Waals surface area (Å²) in [5.74, 6) is -0.859. The van der Waals surface area contributed by atoms with Gasteiger partial charge in [-0.15, -0.1) is 0 Å². The van der Waals surface area contributed by atoms with Gasteiger partial charge >= 0.3 is 0 Å². The highest BCUT2D eigenvalue weighted by atomic mass is 35.5. The number of aliphatic hydroxyl groups excluding tert-OH is 1. The van der Waals surface area contributed by atoms with Crippen molar-refractivity contribution < 1.29 is 23.8 Å². The smallest absolute Gasteiger partial charge is 0.258 e. The van der Waals surface area contributed by atoms with Gasteiger partial charge in [0, 0.05) is 30.7 Å². The molecule has 1 saturated heterocycles. The molecule has 5 N–H and O–H groups in total. The van der Waals surface area contributed by atoms with Crippen LogP contribution >= 0.6 is 11.6 Å². The van der Waals surface area contributed by atoms with Crippen LogP contribution in [-0.2, 0) is 9.59 Å². The number of aliphatic hydroxyl groups is 1. The normalized spacial score (nSPS) is 34.1. The topological polar surface area (TPSA) is 112 Å². The Hall–Kier alpha value is -1.94. The molecule has 3 saturated carbocycles. The van der Waals surface area contributed by atoms with E-state index < -0.39 is 23.0 Å². The molecule has 3 aliphatic carbocycles. The third-order valence-corrected chi connectivity index (χ3v) is 7.32. The van der Waals surface area contributed by atoms with Gasteiger partial charge in [-0.05, 0) is 51.2 Å². The van der Waals surface area contributed by atoms with Crippen LogP contribution in [0.3, 0.4) is 0 Å². The Balaban J connectivity index is 1.30. The molecule has 1 heterocycles. The van der Waals surface area contributed by atoms with Crippen molar-refractivity contribution in [2.24, 2.45) is 0 Å². The van der Waals surface area contributed by atoms with Crippen molar-refractivity contribution in [3.8, 4) is 5.75 Å². The van der Waals surface area contributed by atoms with Crippen LogP contribution in [0.5, 0.6) is 5.75 Å². The van der Waals surface area contributed by atoms with Crippen molar-refractivity contribution in [2.75, 3.05) is 19.7 Å². The van der Waals surface area contributed by atoms with Gasteiger partial charge in [-0.3, -0.25) is 9.59 Å². The molecule has 1 aromatic carbocycles. The number of carbonyl (C=O) groups excluding carboxylic acids is 2. The van der Waals surface area contributed by atoms with E-state index in [1.54, 1.807) is 0 Å². The highest BCUT2D eigenvalue weighted by molar-refractivity contribution is 6.30. The molecule has 176 valence electrons. The summed E-state index contributed by atoms with van der Waals surface area (Å²) < 4.78 is 18.9. The monoisotopic (exact) mass is 468 g/mol. The van der Waals surface area contributed by atoms with Crippen LogP contribution < -0.4 is 26.0 Å². The molecule has 10 heteroatoms. The van der Waals surface area contributed by atoms with Crippen LogP contribution in [0.15, 0.2) is 18.2 Å². The minimum absolute atomic E-state index is 0.0195. The van der Waals surface area contributed by atoms with Crippen LogP contribution in [0, 0.1) is 5.82 Å². The predicted molar refractivity (Wildman–Crippen MR) is 117 cm³/mol. The summed E-state index contributed by atoms with van der Waals surface area (Å²) >= 11 is 5.65. The lowest BCUT2D eigenvalue weighted by Crippen LogP contribution is -2.71. The zero-order chi connectivity index (χ0) is 22.9. The molecule has 1 aliphatic heterocycles. The van der Waals surface area contributed by atoms with Crippen molar-refractivity contribution in [3.05, 3.63) is 29.0 Å². The molecule has 4 fully saturated rings. The molecule has 32 heavy (non-hydrogen) atoms. The predicted octanol–water partition coefficient (Wildman–Crippen LogP) is 0.856. The average Bonchev–Trinajstić information content (AvgIpc) is 2.76. The van der Waals surface area contributed by atoms with Gasteiger partial charge in [-0.1, -0.05) is 11.6 Å². The molecule has 0 spiro atoms. The van der Waals surface area contributed by atoms with Crippen molar-refractivity contribution >= 4 is 23.4 Å². The molecule has 0 radical (unpaired) electrons. The van der Waals surface area contributed by atoms with Crippen LogP contribution in [0.1, 0.15) is 39.0 Å². The number of piperazine rings is 1. The summed E-state index contributed by atoms with van der Waals surface area (Å²) in [7, 11) is 0. The van der Waals surface area contributed by atoms with Gasteiger partial charge in [-0.25, -0.2) is 4.39 Å². The second-order valence-electron chi connectivity index (χ2n) is 9.33. The minimum atomic E-state index is -0.778. The maximum Gasteiger partial charge on any atom is 0.258 e. The highest BCUT2D eigenvalue weighted by Crippen LogP contribution is 2.47. The Bertz CT molecular complexity index is 869. The summed E-state index contributed by atoms with van der Waals surface area (Å²) in [5.41, 5.74) is -1.19. The van der Waals surface area contributed by atoms with E-state index in [0.29, 0.717) is 44.7 Å². The fourth-order valence-electron chi connectivity index (χ4n) is 5.01. The van der Waals surface area contributed by atoms with Gasteiger partial charge in [0.1, 0.15) is 11.6 Å². The molecule has 1 aromatic rings. The average molecular weight is 469 g/mol. The number of fused-ring (bicyclic) bond motifs is 3. The number of ether oxygens (including phenoxy) is 1. The summed E-state index contributed by atoms with van der Waals surface area (Å²) in [4.78, 5) is 25.3. The van der Waals surface area contributed by atoms with E-state index in [1.807, 2.05) is 0 Å². The first-order valence-electron chi connectivity index (χ1n) is 11.1. The van der Waals surface area contributed by atoms with E-state index in [1.165, 1.54) is 12.1 Å². The van der Waals surface area contributed by atoms with E-state index in [0.717, 1.165) is 12.6 Å². The molecular formula is C22H30ClFN4O4. The quantitative estimate of drug-likeness (QED) is 0.423. The number of rotatable bonds is 6. The fraction of sp³-hybridized carbons (Fsp3) is 0.636. The zero-order valence-electron chi connectivity index (χ0n) is 18.0. The number of benzene rings is 1. The third kappa shape index (κ3) is 4.85. The zero-order valence-corrected chi connectivity index (χ0v) is 18.8. The first-order chi connectivity index (χ1) is 15.2. The molecule has 3 atom stereocenters. The fourth-order valence-corrected chi connectivity index (χ4v) is 5.12. The summed E-state index contributed by atoms with van der Waals surface area (Å²) in [6, 6.07) is 4.01. The molecule has 2 unspecified atom stereocenters. The summed E-state index contributed by atoms with van der Waals surface area (Å²) in [5, 5.41) is 23.5. The number of amides is 2. The lowest BCUT2D eigenvalue weighted by Gasteiger charge is -2.56. The van der Waals surface area contributed by atoms with Crippen LogP contribution in [0.2, 0.25) is 5.02 Å². The molecule has 0 aromatic heterocycles. The number of nitrogens with one attached hydrogen (secondary N) is 4. The van der Waals surface area contributed by atoms with Crippen molar-refractivity contribution in [2.45, 2.75) is 68.3 Å². The van der Waals surface area contributed by atoms with E-state index in [4.69, 9.17) is 16.3 Å². The Morgan fingerprint density at radius 2 is 1.97 bits per heavy atom. The third-order valence-electron chi connectivity index (χ3n) is 7.02. The van der Waals surface area contributed by atoms with Crippen molar-refractivity contribution in [3.63, 3.8) is 0 Å². The van der Waals surface area contributed by atoms with E-state index in [9.17, 15) is 19.1 Å². The lowest BCUT2D eigenvalue weighted by molar-refractivity contribution is -0.137. The number of hydrogen-bond acceptors (Lipinski definition) is 6. The van der Waals surface area contributed by atoms with Gasteiger partial charge < -0.3 is 31.1 Å². The first kappa shape index (κ1) is 23.2. The second-order valence-corrected chi connectivity index (χ2v) is 9.74. The first-order valence-corrected chi connectivity index (χ1v) is 11.4. The van der Waals surface area contributed by atoms with Crippen LogP contribution in [-0.4, -0.2) is 65.9 Å². The molecule has 2 amide bonds. The molecular weight excluding hydrogens is 439 g/mol. The van der Waals surface area contributed by atoms with E-state index in [2.05, 4.69) is 28.2 Å². The van der Waals surface area contributed by atoms with Crippen LogP contribution in [0.25, 0.3) is 0 Å². The second kappa shape index (κ2) is 9.13. The Labute approximate surface area is 191 Å². The van der Waals surface area contributed by atoms with E-state index in [-0.39, 0.29) is 35.2 Å². The SMILES string of the molecule is CC1CNC(C(=O)NC23CCC(NC(=O)COc4ccc(Cl)c(F)c4)(CC2)[C@@H](O)C3)CN1.